The minimum atomic E-state index is -0.277. The maximum absolute atomic E-state index is 12.3. The number of aliphatic hydroxyl groups is 1. The maximum Gasteiger partial charge on any atom is 0.321 e. The van der Waals surface area contributed by atoms with Gasteiger partial charge in [-0.25, -0.2) is 4.79 Å². The smallest absolute Gasteiger partial charge is 0.321 e. The van der Waals surface area contributed by atoms with Gasteiger partial charge in [0, 0.05) is 37.4 Å². The number of ether oxygens (including phenoxy) is 1. The van der Waals surface area contributed by atoms with Crippen LogP contribution in [0.1, 0.15) is 31.7 Å². The fourth-order valence-corrected chi connectivity index (χ4v) is 2.86. The Morgan fingerprint density at radius 2 is 2.18 bits per heavy atom. The van der Waals surface area contributed by atoms with E-state index < -0.39 is 0 Å². The standard InChI is InChI=1S/C17H26N2O3/c1-3-22-12-14-7-4-5-9-15(14)18-17(21)19(2)11-13-8-6-10-16(13)20/h4-5,7,9,13,16,20H,3,6,8,10-12H2,1-2H3,(H,18,21). The van der Waals surface area contributed by atoms with Crippen molar-refractivity contribution in [3.05, 3.63) is 29.8 Å². The minimum Gasteiger partial charge on any atom is -0.393 e. The lowest BCUT2D eigenvalue weighted by Gasteiger charge is -2.24. The second kappa shape index (κ2) is 8.15. The number of para-hydroxylation sites is 1. The Bertz CT molecular complexity index is 493. The van der Waals surface area contributed by atoms with E-state index in [1.807, 2.05) is 31.2 Å². The highest BCUT2D eigenvalue weighted by molar-refractivity contribution is 5.90. The number of nitrogens with one attached hydrogen (secondary N) is 1. The van der Waals surface area contributed by atoms with Crippen LogP contribution in [0, 0.1) is 5.92 Å². The fraction of sp³-hybridized carbons (Fsp3) is 0.588. The van der Waals surface area contributed by atoms with Gasteiger partial charge in [0.2, 0.25) is 0 Å². The van der Waals surface area contributed by atoms with Gasteiger partial charge in [0.25, 0.3) is 0 Å². The van der Waals surface area contributed by atoms with Crippen LogP contribution in [0.5, 0.6) is 0 Å². The molecule has 0 aromatic heterocycles. The molecule has 5 heteroatoms. The van der Waals surface area contributed by atoms with Crippen LogP contribution in [0.4, 0.5) is 10.5 Å². The molecule has 2 rings (SSSR count). The molecule has 0 saturated heterocycles. The number of urea groups is 1. The lowest BCUT2D eigenvalue weighted by molar-refractivity contribution is 0.116. The molecule has 0 radical (unpaired) electrons. The highest BCUT2D eigenvalue weighted by atomic mass is 16.5. The van der Waals surface area contributed by atoms with E-state index in [1.54, 1.807) is 11.9 Å². The second-order valence-corrected chi connectivity index (χ2v) is 5.86. The molecule has 2 atom stereocenters. The first-order valence-electron chi connectivity index (χ1n) is 7.97. The van der Waals surface area contributed by atoms with E-state index in [0.29, 0.717) is 19.8 Å². The van der Waals surface area contributed by atoms with Crippen molar-refractivity contribution in [1.29, 1.82) is 0 Å². The van der Waals surface area contributed by atoms with Gasteiger partial charge in [-0.3, -0.25) is 0 Å². The van der Waals surface area contributed by atoms with Gasteiger partial charge < -0.3 is 20.1 Å². The molecule has 0 aliphatic heterocycles. The zero-order valence-corrected chi connectivity index (χ0v) is 13.4. The number of hydrogen-bond acceptors (Lipinski definition) is 3. The highest BCUT2D eigenvalue weighted by Crippen LogP contribution is 2.26. The van der Waals surface area contributed by atoms with Crippen LogP contribution in [-0.4, -0.2) is 42.3 Å². The fourth-order valence-electron chi connectivity index (χ4n) is 2.86. The van der Waals surface area contributed by atoms with Crippen LogP contribution < -0.4 is 5.32 Å². The first-order valence-corrected chi connectivity index (χ1v) is 7.97. The molecule has 1 aliphatic carbocycles. The largest absolute Gasteiger partial charge is 0.393 e. The molecule has 0 heterocycles. The third kappa shape index (κ3) is 4.45. The van der Waals surface area contributed by atoms with Crippen molar-refractivity contribution < 1.29 is 14.6 Å². The number of rotatable bonds is 6. The van der Waals surface area contributed by atoms with Crippen LogP contribution in [-0.2, 0) is 11.3 Å². The molecule has 0 spiro atoms. The van der Waals surface area contributed by atoms with E-state index in [0.717, 1.165) is 30.5 Å². The summed E-state index contributed by atoms with van der Waals surface area (Å²) in [6.45, 7) is 3.66. The van der Waals surface area contributed by atoms with Gasteiger partial charge in [-0.05, 0) is 25.8 Å². The summed E-state index contributed by atoms with van der Waals surface area (Å²) in [7, 11) is 1.77. The predicted octanol–water partition coefficient (Wildman–Crippen LogP) is 2.85. The Hall–Kier alpha value is -1.59. The molecule has 22 heavy (non-hydrogen) atoms. The van der Waals surface area contributed by atoms with Crippen molar-refractivity contribution >= 4 is 11.7 Å². The molecule has 2 amide bonds. The number of anilines is 1. The van der Waals surface area contributed by atoms with Gasteiger partial charge in [-0.2, -0.15) is 0 Å². The number of benzene rings is 1. The van der Waals surface area contributed by atoms with Crippen molar-refractivity contribution in [2.24, 2.45) is 5.92 Å². The zero-order chi connectivity index (χ0) is 15.9. The summed E-state index contributed by atoms with van der Waals surface area (Å²) in [5.74, 6) is 0.189. The molecule has 2 unspecified atom stereocenters. The van der Waals surface area contributed by atoms with Gasteiger partial charge in [0.1, 0.15) is 0 Å². The maximum atomic E-state index is 12.3. The Labute approximate surface area is 132 Å². The number of carbonyl (C=O) groups is 1. The first-order chi connectivity index (χ1) is 10.6. The van der Waals surface area contributed by atoms with E-state index in [-0.39, 0.29) is 18.1 Å². The monoisotopic (exact) mass is 306 g/mol. The normalized spacial score (nSPS) is 20.9. The Balaban J connectivity index is 1.93. The molecule has 5 nitrogen and oxygen atoms in total. The van der Waals surface area contributed by atoms with Crippen molar-refractivity contribution in [2.45, 2.75) is 38.9 Å². The summed E-state index contributed by atoms with van der Waals surface area (Å²) in [5, 5.41) is 12.8. The van der Waals surface area contributed by atoms with Crippen LogP contribution in [0.3, 0.4) is 0 Å². The lowest BCUT2D eigenvalue weighted by atomic mass is 10.1. The van der Waals surface area contributed by atoms with E-state index in [4.69, 9.17) is 4.74 Å². The molecule has 2 N–H and O–H groups in total. The lowest BCUT2D eigenvalue weighted by Crippen LogP contribution is -2.37. The topological polar surface area (TPSA) is 61.8 Å². The van der Waals surface area contributed by atoms with Crippen molar-refractivity contribution in [3.8, 4) is 0 Å². The predicted molar refractivity (Wildman–Crippen MR) is 86.8 cm³/mol. The number of amides is 2. The SMILES string of the molecule is CCOCc1ccccc1NC(=O)N(C)CC1CCCC1O. The summed E-state index contributed by atoms with van der Waals surface area (Å²) in [4.78, 5) is 14.0. The van der Waals surface area contributed by atoms with Crippen LogP contribution in [0.25, 0.3) is 0 Å². The number of hydrogen-bond donors (Lipinski definition) is 2. The zero-order valence-electron chi connectivity index (χ0n) is 13.4. The Morgan fingerprint density at radius 1 is 1.41 bits per heavy atom. The Kier molecular flexibility index (Phi) is 6.21. The van der Waals surface area contributed by atoms with Crippen molar-refractivity contribution in [3.63, 3.8) is 0 Å². The highest BCUT2D eigenvalue weighted by Gasteiger charge is 2.27. The van der Waals surface area contributed by atoms with Gasteiger partial charge in [0.15, 0.2) is 0 Å². The average molecular weight is 306 g/mol. The number of carbonyl (C=O) groups excluding carboxylic acids is 1. The molecule has 122 valence electrons. The summed E-state index contributed by atoms with van der Waals surface area (Å²) in [5.41, 5.74) is 1.74. The molecular formula is C17H26N2O3. The third-order valence-electron chi connectivity index (χ3n) is 4.19. The molecule has 1 aliphatic rings. The van der Waals surface area contributed by atoms with Crippen LogP contribution in [0.15, 0.2) is 24.3 Å². The van der Waals surface area contributed by atoms with Gasteiger partial charge in [-0.15, -0.1) is 0 Å². The van der Waals surface area contributed by atoms with E-state index in [1.165, 1.54) is 0 Å². The van der Waals surface area contributed by atoms with E-state index >= 15 is 0 Å². The molecular weight excluding hydrogens is 280 g/mol. The summed E-state index contributed by atoms with van der Waals surface area (Å²) < 4.78 is 5.43. The van der Waals surface area contributed by atoms with Gasteiger partial charge in [-0.1, -0.05) is 24.6 Å². The van der Waals surface area contributed by atoms with Crippen molar-refractivity contribution in [1.82, 2.24) is 4.90 Å². The second-order valence-electron chi connectivity index (χ2n) is 5.86. The minimum absolute atomic E-state index is 0.150. The quantitative estimate of drug-likeness (QED) is 0.849. The Morgan fingerprint density at radius 3 is 2.86 bits per heavy atom. The molecule has 1 saturated carbocycles. The average Bonchev–Trinajstić information content (AvgIpc) is 2.91. The van der Waals surface area contributed by atoms with Gasteiger partial charge >= 0.3 is 6.03 Å². The molecule has 1 aromatic carbocycles. The van der Waals surface area contributed by atoms with Crippen molar-refractivity contribution in [2.75, 3.05) is 25.5 Å². The number of nitrogens with zero attached hydrogens (tertiary/aromatic N) is 1. The summed E-state index contributed by atoms with van der Waals surface area (Å²) in [6.07, 6.45) is 2.59. The summed E-state index contributed by atoms with van der Waals surface area (Å²) >= 11 is 0. The van der Waals surface area contributed by atoms with Gasteiger partial charge in [0.05, 0.1) is 12.7 Å². The summed E-state index contributed by atoms with van der Waals surface area (Å²) in [6, 6.07) is 7.51. The van der Waals surface area contributed by atoms with Crippen LogP contribution in [0.2, 0.25) is 0 Å². The molecule has 1 fully saturated rings. The third-order valence-corrected chi connectivity index (χ3v) is 4.19. The van der Waals surface area contributed by atoms with E-state index in [9.17, 15) is 9.90 Å². The van der Waals surface area contributed by atoms with E-state index in [2.05, 4.69) is 5.32 Å². The van der Waals surface area contributed by atoms with Crippen LogP contribution >= 0.6 is 0 Å². The molecule has 0 bridgehead atoms. The number of aliphatic hydroxyl groups excluding tert-OH is 1. The molecule has 1 aromatic rings. The first kappa shape index (κ1) is 16.8.